The van der Waals surface area contributed by atoms with Gasteiger partial charge < -0.3 is 4.98 Å². The predicted molar refractivity (Wildman–Crippen MR) is 65.0 cm³/mol. The highest BCUT2D eigenvalue weighted by Gasteiger charge is 2.06. The Kier molecular flexibility index (Phi) is 1.93. The lowest BCUT2D eigenvalue weighted by Gasteiger charge is -1.95. The van der Waals surface area contributed by atoms with E-state index in [0.29, 0.717) is 0 Å². The summed E-state index contributed by atoms with van der Waals surface area (Å²) in [5, 5.41) is 1.96. The third kappa shape index (κ3) is 1.49. The number of H-pyrrole nitrogens is 1. The highest BCUT2D eigenvalue weighted by Crippen LogP contribution is 2.27. The maximum Gasteiger partial charge on any atom is 0.0459 e. The SMILES string of the molecule is Clc1ccc2[nH]c(C3=CC=CC3)cc2c1. The van der Waals surface area contributed by atoms with Crippen molar-refractivity contribution in [3.63, 3.8) is 0 Å². The summed E-state index contributed by atoms with van der Waals surface area (Å²) in [7, 11) is 0. The van der Waals surface area contributed by atoms with Crippen molar-refractivity contribution in [1.82, 2.24) is 4.98 Å². The number of allylic oxidation sites excluding steroid dienone is 4. The maximum absolute atomic E-state index is 5.95. The third-order valence-electron chi connectivity index (χ3n) is 2.70. The summed E-state index contributed by atoms with van der Waals surface area (Å²) in [6.45, 7) is 0. The number of rotatable bonds is 1. The minimum Gasteiger partial charge on any atom is -0.355 e. The zero-order valence-electron chi connectivity index (χ0n) is 8.13. The van der Waals surface area contributed by atoms with E-state index in [0.717, 1.165) is 17.0 Å². The monoisotopic (exact) mass is 215 g/mol. The summed E-state index contributed by atoms with van der Waals surface area (Å²) < 4.78 is 0. The van der Waals surface area contributed by atoms with Crippen LogP contribution in [-0.2, 0) is 0 Å². The van der Waals surface area contributed by atoms with Gasteiger partial charge in [-0.05, 0) is 36.3 Å². The van der Waals surface area contributed by atoms with Gasteiger partial charge in [0.2, 0.25) is 0 Å². The molecule has 2 heteroatoms. The first-order valence-electron chi connectivity index (χ1n) is 4.97. The molecule has 1 heterocycles. The van der Waals surface area contributed by atoms with E-state index in [4.69, 9.17) is 11.6 Å². The van der Waals surface area contributed by atoms with E-state index in [1.165, 1.54) is 16.7 Å². The molecular formula is C13H10ClN. The zero-order valence-corrected chi connectivity index (χ0v) is 8.88. The minimum absolute atomic E-state index is 0.784. The molecule has 0 aliphatic heterocycles. The second kappa shape index (κ2) is 3.28. The van der Waals surface area contributed by atoms with Crippen molar-refractivity contribution in [1.29, 1.82) is 0 Å². The van der Waals surface area contributed by atoms with Crippen LogP contribution in [0, 0.1) is 0 Å². The fraction of sp³-hybridized carbons (Fsp3) is 0.0769. The van der Waals surface area contributed by atoms with Crippen LogP contribution in [0.1, 0.15) is 12.1 Å². The van der Waals surface area contributed by atoms with Gasteiger partial charge in [0.25, 0.3) is 0 Å². The normalized spacial score (nSPS) is 14.9. The van der Waals surface area contributed by atoms with E-state index in [1.807, 2.05) is 18.2 Å². The van der Waals surface area contributed by atoms with Gasteiger partial charge in [-0.25, -0.2) is 0 Å². The fourth-order valence-electron chi connectivity index (χ4n) is 1.92. The van der Waals surface area contributed by atoms with Crippen molar-refractivity contribution < 1.29 is 0 Å². The Hall–Kier alpha value is -1.47. The van der Waals surface area contributed by atoms with Crippen LogP contribution in [-0.4, -0.2) is 4.98 Å². The molecule has 1 aromatic heterocycles. The van der Waals surface area contributed by atoms with Crippen molar-refractivity contribution in [3.8, 4) is 0 Å². The molecular weight excluding hydrogens is 206 g/mol. The number of aromatic amines is 1. The quantitative estimate of drug-likeness (QED) is 0.735. The number of hydrogen-bond acceptors (Lipinski definition) is 0. The first-order valence-corrected chi connectivity index (χ1v) is 5.35. The van der Waals surface area contributed by atoms with E-state index in [9.17, 15) is 0 Å². The van der Waals surface area contributed by atoms with E-state index >= 15 is 0 Å². The minimum atomic E-state index is 0.784. The molecule has 1 nitrogen and oxygen atoms in total. The number of hydrogen-bond donors (Lipinski definition) is 1. The van der Waals surface area contributed by atoms with Crippen LogP contribution >= 0.6 is 11.6 Å². The maximum atomic E-state index is 5.95. The molecule has 0 amide bonds. The van der Waals surface area contributed by atoms with E-state index in [2.05, 4.69) is 29.3 Å². The van der Waals surface area contributed by atoms with Crippen LogP contribution in [0.3, 0.4) is 0 Å². The predicted octanol–water partition coefficient (Wildman–Crippen LogP) is 4.16. The molecule has 74 valence electrons. The molecule has 15 heavy (non-hydrogen) atoms. The largest absolute Gasteiger partial charge is 0.355 e. The summed E-state index contributed by atoms with van der Waals surface area (Å²) in [6.07, 6.45) is 7.41. The van der Waals surface area contributed by atoms with Gasteiger partial charge in [-0.2, -0.15) is 0 Å². The summed E-state index contributed by atoms with van der Waals surface area (Å²) in [4.78, 5) is 3.40. The van der Waals surface area contributed by atoms with Crippen LogP contribution in [0.25, 0.3) is 16.5 Å². The molecule has 1 aliphatic carbocycles. The number of fused-ring (bicyclic) bond motifs is 1. The second-order valence-electron chi connectivity index (χ2n) is 3.74. The number of nitrogens with one attached hydrogen (secondary N) is 1. The molecule has 3 rings (SSSR count). The van der Waals surface area contributed by atoms with Gasteiger partial charge >= 0.3 is 0 Å². The molecule has 1 aliphatic rings. The molecule has 2 aromatic rings. The van der Waals surface area contributed by atoms with Crippen LogP contribution in [0.2, 0.25) is 5.02 Å². The van der Waals surface area contributed by atoms with Crippen molar-refractivity contribution >= 4 is 28.1 Å². The summed E-state index contributed by atoms with van der Waals surface area (Å²) in [5.74, 6) is 0. The lowest BCUT2D eigenvalue weighted by Crippen LogP contribution is -1.78. The zero-order chi connectivity index (χ0) is 10.3. The Balaban J connectivity index is 2.14. The van der Waals surface area contributed by atoms with Crippen LogP contribution in [0.15, 0.2) is 42.5 Å². The Bertz CT molecular complexity index is 575. The molecule has 0 saturated carbocycles. The lowest BCUT2D eigenvalue weighted by molar-refractivity contribution is 1.33. The van der Waals surface area contributed by atoms with Crippen LogP contribution < -0.4 is 0 Å². The Labute approximate surface area is 93.1 Å². The van der Waals surface area contributed by atoms with Gasteiger partial charge in [0.1, 0.15) is 0 Å². The molecule has 0 fully saturated rings. The van der Waals surface area contributed by atoms with E-state index < -0.39 is 0 Å². The lowest BCUT2D eigenvalue weighted by atomic mass is 10.1. The van der Waals surface area contributed by atoms with Gasteiger partial charge in [-0.1, -0.05) is 29.8 Å². The first kappa shape index (κ1) is 8.81. The molecule has 0 atom stereocenters. The van der Waals surface area contributed by atoms with Gasteiger partial charge in [-0.3, -0.25) is 0 Å². The molecule has 1 N–H and O–H groups in total. The number of aromatic nitrogens is 1. The molecule has 0 radical (unpaired) electrons. The third-order valence-corrected chi connectivity index (χ3v) is 2.94. The molecule has 0 saturated heterocycles. The van der Waals surface area contributed by atoms with Crippen LogP contribution in [0.5, 0.6) is 0 Å². The van der Waals surface area contributed by atoms with E-state index in [-0.39, 0.29) is 0 Å². The molecule has 0 bridgehead atoms. The van der Waals surface area contributed by atoms with Gasteiger partial charge in [-0.15, -0.1) is 0 Å². The summed E-state index contributed by atoms with van der Waals surface area (Å²) in [5.41, 5.74) is 3.67. The Morgan fingerprint density at radius 2 is 2.13 bits per heavy atom. The summed E-state index contributed by atoms with van der Waals surface area (Å²) in [6, 6.07) is 8.06. The van der Waals surface area contributed by atoms with Crippen molar-refractivity contribution in [2.24, 2.45) is 0 Å². The highest BCUT2D eigenvalue weighted by atomic mass is 35.5. The molecule has 1 aromatic carbocycles. The van der Waals surface area contributed by atoms with Crippen molar-refractivity contribution in [3.05, 3.63) is 53.2 Å². The fourth-order valence-corrected chi connectivity index (χ4v) is 2.10. The Morgan fingerprint density at radius 3 is 2.93 bits per heavy atom. The van der Waals surface area contributed by atoms with E-state index in [1.54, 1.807) is 0 Å². The number of benzene rings is 1. The van der Waals surface area contributed by atoms with Gasteiger partial charge in [0, 0.05) is 21.6 Å². The standard InChI is InChI=1S/C13H10ClN/c14-11-5-6-12-10(7-11)8-13(15-12)9-3-1-2-4-9/h1-3,5-8,15H,4H2. The molecule has 0 unspecified atom stereocenters. The highest BCUT2D eigenvalue weighted by molar-refractivity contribution is 6.31. The number of halogens is 1. The Morgan fingerprint density at radius 1 is 1.20 bits per heavy atom. The summed E-state index contributed by atoms with van der Waals surface area (Å²) >= 11 is 5.95. The topological polar surface area (TPSA) is 15.8 Å². The smallest absolute Gasteiger partial charge is 0.0459 e. The first-order chi connectivity index (χ1) is 7.33. The molecule has 0 spiro atoms. The average molecular weight is 216 g/mol. The van der Waals surface area contributed by atoms with Gasteiger partial charge in [0.15, 0.2) is 0 Å². The van der Waals surface area contributed by atoms with Crippen molar-refractivity contribution in [2.45, 2.75) is 6.42 Å². The van der Waals surface area contributed by atoms with Crippen LogP contribution in [0.4, 0.5) is 0 Å². The van der Waals surface area contributed by atoms with Crippen molar-refractivity contribution in [2.75, 3.05) is 0 Å². The average Bonchev–Trinajstić information content (AvgIpc) is 2.84. The second-order valence-corrected chi connectivity index (χ2v) is 4.18. The van der Waals surface area contributed by atoms with Gasteiger partial charge in [0.05, 0.1) is 0 Å².